The van der Waals surface area contributed by atoms with E-state index in [1.807, 2.05) is 20.8 Å². The van der Waals surface area contributed by atoms with Gasteiger partial charge in [0.15, 0.2) is 10.9 Å². The third-order valence-corrected chi connectivity index (χ3v) is 7.53. The summed E-state index contributed by atoms with van der Waals surface area (Å²) in [6.07, 6.45) is 1.39. The summed E-state index contributed by atoms with van der Waals surface area (Å²) < 4.78 is 30.8. The van der Waals surface area contributed by atoms with Crippen molar-refractivity contribution in [3.63, 3.8) is 0 Å². The highest BCUT2D eigenvalue weighted by Crippen LogP contribution is 2.27. The minimum Gasteiger partial charge on any atom is -0.378 e. The second-order valence-electron chi connectivity index (χ2n) is 7.41. The van der Waals surface area contributed by atoms with E-state index in [-0.39, 0.29) is 27.7 Å². The molecular formula is C21H22ClN3O4S2. The topological polar surface area (TPSA) is 97.2 Å². The molecule has 0 radical (unpaired) electrons. The molecule has 2 aromatic carbocycles. The van der Waals surface area contributed by atoms with Crippen LogP contribution in [-0.2, 0) is 14.9 Å². The molecule has 31 heavy (non-hydrogen) atoms. The molecule has 1 saturated heterocycles. The van der Waals surface area contributed by atoms with Crippen LogP contribution in [-0.4, -0.2) is 31.0 Å². The molecule has 1 aliphatic rings. The number of thioether (sulfide) groups is 1. The van der Waals surface area contributed by atoms with Crippen LogP contribution < -0.4 is 9.50 Å². The van der Waals surface area contributed by atoms with Crippen molar-refractivity contribution in [2.45, 2.75) is 37.8 Å². The van der Waals surface area contributed by atoms with Crippen LogP contribution in [0.5, 0.6) is 5.75 Å². The SMILES string of the molecule is Cc1ccc(OS(=O)(=O)c2ccc(C)c(Cl)c2)c(C=NN=C2NC(=O)C(C(C)C)S2)c1. The maximum absolute atomic E-state index is 12.7. The van der Waals surface area contributed by atoms with E-state index >= 15 is 0 Å². The average Bonchev–Trinajstić information content (AvgIpc) is 3.06. The van der Waals surface area contributed by atoms with Crippen LogP contribution in [0.15, 0.2) is 51.5 Å². The minimum absolute atomic E-state index is 0.0448. The van der Waals surface area contributed by atoms with Gasteiger partial charge < -0.3 is 9.50 Å². The van der Waals surface area contributed by atoms with Crippen molar-refractivity contribution < 1.29 is 17.4 Å². The first-order valence-electron chi connectivity index (χ1n) is 9.46. The van der Waals surface area contributed by atoms with Crippen LogP contribution in [0.3, 0.4) is 0 Å². The predicted molar refractivity (Wildman–Crippen MR) is 125 cm³/mol. The lowest BCUT2D eigenvalue weighted by Gasteiger charge is -2.10. The Labute approximate surface area is 191 Å². The van der Waals surface area contributed by atoms with Gasteiger partial charge in [-0.2, -0.15) is 13.5 Å². The van der Waals surface area contributed by atoms with Gasteiger partial charge in [-0.05, 0) is 49.6 Å². The zero-order valence-electron chi connectivity index (χ0n) is 17.4. The average molecular weight is 480 g/mol. The van der Waals surface area contributed by atoms with E-state index in [0.29, 0.717) is 15.8 Å². The summed E-state index contributed by atoms with van der Waals surface area (Å²) in [7, 11) is -4.10. The molecule has 0 saturated carbocycles. The number of amidine groups is 1. The van der Waals surface area contributed by atoms with E-state index in [2.05, 4.69) is 15.5 Å². The van der Waals surface area contributed by atoms with Gasteiger partial charge in [0, 0.05) is 10.6 Å². The highest BCUT2D eigenvalue weighted by molar-refractivity contribution is 8.15. The first-order valence-corrected chi connectivity index (χ1v) is 12.1. The largest absolute Gasteiger partial charge is 0.378 e. The van der Waals surface area contributed by atoms with Crippen molar-refractivity contribution in [1.82, 2.24) is 5.32 Å². The van der Waals surface area contributed by atoms with Crippen LogP contribution in [0.2, 0.25) is 5.02 Å². The number of nitrogens with zero attached hydrogens (tertiary/aromatic N) is 2. The standard InChI is InChI=1S/C21H22ClN3O4S2/c1-12(2)19-20(26)24-21(30-19)25-23-11-15-9-13(3)5-8-18(15)29-31(27,28)16-7-6-14(4)17(22)10-16/h5-12,19H,1-4H3,(H,24,25,26). The summed E-state index contributed by atoms with van der Waals surface area (Å²) in [5.74, 6) is 0.171. The molecule has 1 N–H and O–H groups in total. The molecule has 1 amide bonds. The second-order valence-corrected chi connectivity index (χ2v) is 10.5. The molecule has 1 atom stereocenters. The lowest BCUT2D eigenvalue weighted by molar-refractivity contribution is -0.119. The maximum atomic E-state index is 12.7. The fourth-order valence-electron chi connectivity index (χ4n) is 2.75. The molecule has 0 spiro atoms. The lowest BCUT2D eigenvalue weighted by Crippen LogP contribution is -2.27. The Morgan fingerprint density at radius 1 is 1.19 bits per heavy atom. The third-order valence-electron chi connectivity index (χ3n) is 4.47. The van der Waals surface area contributed by atoms with Crippen molar-refractivity contribution in [3.8, 4) is 5.75 Å². The zero-order chi connectivity index (χ0) is 22.8. The van der Waals surface area contributed by atoms with Crippen LogP contribution >= 0.6 is 23.4 Å². The number of rotatable bonds is 6. The van der Waals surface area contributed by atoms with Crippen molar-refractivity contribution in [3.05, 3.63) is 58.1 Å². The first-order chi connectivity index (χ1) is 14.6. The third kappa shape index (κ3) is 5.66. The summed E-state index contributed by atoms with van der Waals surface area (Å²) in [5.41, 5.74) is 2.08. The summed E-state index contributed by atoms with van der Waals surface area (Å²) in [4.78, 5) is 11.9. The number of carbonyl (C=O) groups is 1. The Morgan fingerprint density at radius 2 is 1.94 bits per heavy atom. The van der Waals surface area contributed by atoms with Gasteiger partial charge in [0.1, 0.15) is 4.90 Å². The number of aryl methyl sites for hydroxylation is 2. The van der Waals surface area contributed by atoms with E-state index in [1.54, 1.807) is 31.2 Å². The Kier molecular flexibility index (Phi) is 7.08. The van der Waals surface area contributed by atoms with Crippen LogP contribution in [0.1, 0.15) is 30.5 Å². The van der Waals surface area contributed by atoms with Gasteiger partial charge in [0.2, 0.25) is 5.91 Å². The van der Waals surface area contributed by atoms with Crippen molar-refractivity contribution in [1.29, 1.82) is 0 Å². The molecule has 1 heterocycles. The number of hydrogen-bond donors (Lipinski definition) is 1. The number of nitrogens with one attached hydrogen (secondary N) is 1. The highest BCUT2D eigenvalue weighted by atomic mass is 35.5. The molecule has 1 unspecified atom stereocenters. The molecule has 3 rings (SSSR count). The minimum atomic E-state index is -4.10. The summed E-state index contributed by atoms with van der Waals surface area (Å²) in [5, 5.41) is 11.3. The quantitative estimate of drug-likeness (QED) is 0.378. The number of halogens is 1. The van der Waals surface area contributed by atoms with E-state index in [9.17, 15) is 13.2 Å². The molecular weight excluding hydrogens is 458 g/mol. The van der Waals surface area contributed by atoms with Gasteiger partial charge in [-0.25, -0.2) is 0 Å². The number of carbonyl (C=O) groups excluding carboxylic acids is 1. The first kappa shape index (κ1) is 23.3. The van der Waals surface area contributed by atoms with Crippen molar-refractivity contribution in [2.24, 2.45) is 16.1 Å². The predicted octanol–water partition coefficient (Wildman–Crippen LogP) is 4.30. The highest BCUT2D eigenvalue weighted by Gasteiger charge is 2.32. The molecule has 1 aliphatic heterocycles. The Balaban J connectivity index is 1.84. The van der Waals surface area contributed by atoms with E-state index in [1.165, 1.54) is 30.1 Å². The van der Waals surface area contributed by atoms with Gasteiger partial charge >= 0.3 is 10.1 Å². The van der Waals surface area contributed by atoms with Gasteiger partial charge in [-0.15, -0.1) is 5.10 Å². The van der Waals surface area contributed by atoms with Crippen LogP contribution in [0.4, 0.5) is 0 Å². The monoisotopic (exact) mass is 479 g/mol. The van der Waals surface area contributed by atoms with Gasteiger partial charge in [0.25, 0.3) is 0 Å². The molecule has 10 heteroatoms. The number of hydrogen-bond acceptors (Lipinski definition) is 7. The second kappa shape index (κ2) is 9.42. The van der Waals surface area contributed by atoms with Crippen molar-refractivity contribution >= 4 is 50.8 Å². The van der Waals surface area contributed by atoms with E-state index in [4.69, 9.17) is 15.8 Å². The van der Waals surface area contributed by atoms with Gasteiger partial charge in [-0.3, -0.25) is 4.79 Å². The zero-order valence-corrected chi connectivity index (χ0v) is 19.8. The summed E-state index contributed by atoms with van der Waals surface area (Å²) in [6, 6.07) is 9.42. The lowest BCUT2D eigenvalue weighted by atomic mass is 10.1. The smallest absolute Gasteiger partial charge is 0.339 e. The normalized spacial score (nSPS) is 18.2. The molecule has 1 fully saturated rings. The molecule has 2 aromatic rings. The number of benzene rings is 2. The van der Waals surface area contributed by atoms with Crippen LogP contribution in [0, 0.1) is 19.8 Å². The molecule has 164 valence electrons. The van der Waals surface area contributed by atoms with E-state index < -0.39 is 10.1 Å². The Bertz CT molecular complexity index is 1180. The van der Waals surface area contributed by atoms with Crippen LogP contribution in [0.25, 0.3) is 0 Å². The molecule has 0 bridgehead atoms. The molecule has 0 aliphatic carbocycles. The van der Waals surface area contributed by atoms with Gasteiger partial charge in [-0.1, -0.05) is 54.9 Å². The van der Waals surface area contributed by atoms with Crippen molar-refractivity contribution in [2.75, 3.05) is 0 Å². The molecule has 0 aromatic heterocycles. The Hall–Kier alpha value is -2.36. The van der Waals surface area contributed by atoms with E-state index in [0.717, 1.165) is 11.1 Å². The van der Waals surface area contributed by atoms with Gasteiger partial charge in [0.05, 0.1) is 11.5 Å². The maximum Gasteiger partial charge on any atom is 0.339 e. The fourth-order valence-corrected chi connectivity index (χ4v) is 4.91. The fraction of sp³-hybridized carbons (Fsp3) is 0.286. The number of amides is 1. The Morgan fingerprint density at radius 3 is 2.58 bits per heavy atom. The summed E-state index contributed by atoms with van der Waals surface area (Å²) >= 11 is 7.37. The molecule has 7 nitrogen and oxygen atoms in total. The summed E-state index contributed by atoms with van der Waals surface area (Å²) in [6.45, 7) is 7.56.